The molecule has 0 fully saturated rings. The molecule has 0 radical (unpaired) electrons. The van der Waals surface area contributed by atoms with Crippen LogP contribution >= 0.6 is 0 Å². The summed E-state index contributed by atoms with van der Waals surface area (Å²) < 4.78 is 40.0. The molecule has 3 aromatic carbocycles. The largest absolute Gasteiger partial charge is 0.363 e. The van der Waals surface area contributed by atoms with E-state index in [0.29, 0.717) is 5.06 Å². The zero-order chi connectivity index (χ0) is 22.2. The number of carbonyl (C=O) groups is 3. The van der Waals surface area contributed by atoms with Crippen molar-refractivity contribution < 1.29 is 32.0 Å². The van der Waals surface area contributed by atoms with Crippen LogP contribution in [0.5, 0.6) is 0 Å². The van der Waals surface area contributed by atoms with Gasteiger partial charge in [-0.1, -0.05) is 17.2 Å². The van der Waals surface area contributed by atoms with Gasteiger partial charge in [0.25, 0.3) is 21.8 Å². The molecular formula is C21H13FN2O6S. The molecule has 4 rings (SSSR count). The van der Waals surface area contributed by atoms with Crippen LogP contribution in [-0.4, -0.2) is 31.3 Å². The topological polar surface area (TPSA) is 110 Å². The highest BCUT2D eigenvalue weighted by atomic mass is 32.2. The van der Waals surface area contributed by atoms with E-state index < -0.39 is 33.6 Å². The number of hydrogen-bond acceptors (Lipinski definition) is 6. The van der Waals surface area contributed by atoms with Crippen molar-refractivity contribution in [2.45, 2.75) is 4.90 Å². The highest BCUT2D eigenvalue weighted by Gasteiger charge is 2.38. The van der Waals surface area contributed by atoms with Gasteiger partial charge in [0.1, 0.15) is 5.82 Å². The first kappa shape index (κ1) is 20.2. The lowest BCUT2D eigenvalue weighted by Crippen LogP contribution is -2.32. The van der Waals surface area contributed by atoms with Gasteiger partial charge in [0.15, 0.2) is 0 Å². The Kier molecular flexibility index (Phi) is 4.99. The zero-order valence-corrected chi connectivity index (χ0v) is 16.4. The van der Waals surface area contributed by atoms with E-state index in [1.165, 1.54) is 36.4 Å². The number of sulfonamides is 1. The third kappa shape index (κ3) is 3.88. The zero-order valence-electron chi connectivity index (χ0n) is 15.6. The number of amides is 2. The van der Waals surface area contributed by atoms with Crippen LogP contribution in [0.4, 0.5) is 10.1 Å². The van der Waals surface area contributed by atoms with Crippen LogP contribution in [0.2, 0.25) is 0 Å². The van der Waals surface area contributed by atoms with E-state index in [9.17, 15) is 27.2 Å². The summed E-state index contributed by atoms with van der Waals surface area (Å²) >= 11 is 0. The minimum Gasteiger partial charge on any atom is -0.324 e. The Morgan fingerprint density at radius 3 is 1.94 bits per heavy atom. The maximum atomic E-state index is 13.0. The molecule has 3 aromatic rings. The molecule has 1 aliphatic rings. The average molecular weight is 440 g/mol. The van der Waals surface area contributed by atoms with Gasteiger partial charge in [-0.25, -0.2) is 17.6 Å². The number of fused-ring (bicyclic) bond motifs is 1. The van der Waals surface area contributed by atoms with Crippen molar-refractivity contribution in [1.82, 2.24) is 5.06 Å². The number of hydroxylamine groups is 2. The lowest BCUT2D eigenvalue weighted by atomic mass is 10.1. The number of anilines is 1. The van der Waals surface area contributed by atoms with Crippen molar-refractivity contribution in [2.75, 3.05) is 4.72 Å². The Bertz CT molecular complexity index is 1270. The number of nitrogens with zero attached hydrogens (tertiary/aromatic N) is 1. The van der Waals surface area contributed by atoms with Gasteiger partial charge < -0.3 is 4.84 Å². The molecular weight excluding hydrogens is 427 g/mol. The monoisotopic (exact) mass is 440 g/mol. The first-order valence-electron chi connectivity index (χ1n) is 8.85. The van der Waals surface area contributed by atoms with E-state index in [0.717, 1.165) is 24.3 Å². The number of hydrogen-bond donors (Lipinski definition) is 1. The van der Waals surface area contributed by atoms with Gasteiger partial charge in [-0.05, 0) is 60.7 Å². The second-order valence-corrected chi connectivity index (χ2v) is 8.15. The normalized spacial score (nSPS) is 13.1. The molecule has 2 amide bonds. The van der Waals surface area contributed by atoms with Gasteiger partial charge in [-0.2, -0.15) is 0 Å². The summed E-state index contributed by atoms with van der Waals surface area (Å²) in [7, 11) is -3.96. The molecule has 1 aliphatic heterocycles. The van der Waals surface area contributed by atoms with Gasteiger partial charge in [-0.15, -0.1) is 0 Å². The molecule has 0 bridgehead atoms. The summed E-state index contributed by atoms with van der Waals surface area (Å²) in [4.78, 5) is 41.7. The number of imide groups is 1. The molecule has 10 heteroatoms. The molecule has 0 saturated carbocycles. The van der Waals surface area contributed by atoms with Crippen molar-refractivity contribution in [3.63, 3.8) is 0 Å². The van der Waals surface area contributed by atoms with Gasteiger partial charge in [0.2, 0.25) is 0 Å². The van der Waals surface area contributed by atoms with Crippen molar-refractivity contribution in [3.8, 4) is 0 Å². The van der Waals surface area contributed by atoms with E-state index in [1.54, 1.807) is 12.1 Å². The summed E-state index contributed by atoms with van der Waals surface area (Å²) in [6.45, 7) is 0. The molecule has 0 aromatic heterocycles. The summed E-state index contributed by atoms with van der Waals surface area (Å²) in [6.07, 6.45) is 0. The average Bonchev–Trinajstić information content (AvgIpc) is 2.99. The van der Waals surface area contributed by atoms with Gasteiger partial charge in [-0.3, -0.25) is 14.3 Å². The quantitative estimate of drug-likeness (QED) is 0.611. The number of benzene rings is 3. The molecule has 0 unspecified atom stereocenters. The predicted molar refractivity (Wildman–Crippen MR) is 106 cm³/mol. The molecule has 0 saturated heterocycles. The van der Waals surface area contributed by atoms with Crippen LogP contribution in [0.3, 0.4) is 0 Å². The highest BCUT2D eigenvalue weighted by Crippen LogP contribution is 2.24. The third-order valence-corrected chi connectivity index (χ3v) is 5.82. The van der Waals surface area contributed by atoms with Crippen molar-refractivity contribution >= 4 is 33.5 Å². The number of carbonyl (C=O) groups excluding carboxylic acids is 3. The molecule has 31 heavy (non-hydrogen) atoms. The van der Waals surface area contributed by atoms with Gasteiger partial charge in [0.05, 0.1) is 21.6 Å². The van der Waals surface area contributed by atoms with E-state index >= 15 is 0 Å². The molecule has 1 N–H and O–H groups in total. The summed E-state index contributed by atoms with van der Waals surface area (Å²) in [5, 5.41) is 0.387. The van der Waals surface area contributed by atoms with Crippen LogP contribution in [-0.2, 0) is 14.9 Å². The second-order valence-electron chi connectivity index (χ2n) is 6.47. The smallest absolute Gasteiger partial charge is 0.324 e. The Morgan fingerprint density at radius 1 is 0.839 bits per heavy atom. The van der Waals surface area contributed by atoms with E-state index in [-0.39, 0.29) is 27.3 Å². The number of halogens is 1. The molecule has 0 spiro atoms. The fourth-order valence-corrected chi connectivity index (χ4v) is 3.95. The van der Waals surface area contributed by atoms with Crippen LogP contribution in [0, 0.1) is 5.82 Å². The van der Waals surface area contributed by atoms with Gasteiger partial charge in [0, 0.05) is 5.69 Å². The van der Waals surface area contributed by atoms with Gasteiger partial charge >= 0.3 is 5.97 Å². The number of nitrogens with one attached hydrogen (secondary N) is 1. The fourth-order valence-electron chi connectivity index (χ4n) is 2.89. The SMILES string of the molecule is O=C(ON1C(=O)c2ccccc2C1=O)c1ccc(NS(=O)(=O)c2ccc(F)cc2)cc1. The van der Waals surface area contributed by atoms with Crippen molar-refractivity contribution in [1.29, 1.82) is 0 Å². The molecule has 0 aliphatic carbocycles. The Morgan fingerprint density at radius 2 is 1.39 bits per heavy atom. The van der Waals surface area contributed by atoms with Crippen molar-refractivity contribution in [3.05, 3.63) is 95.3 Å². The van der Waals surface area contributed by atoms with E-state index in [1.807, 2.05) is 0 Å². The first-order chi connectivity index (χ1) is 14.8. The second kappa shape index (κ2) is 7.65. The molecule has 8 nitrogen and oxygen atoms in total. The minimum atomic E-state index is -3.96. The van der Waals surface area contributed by atoms with Crippen molar-refractivity contribution in [2.24, 2.45) is 0 Å². The lowest BCUT2D eigenvalue weighted by molar-refractivity contribution is -0.0584. The molecule has 156 valence electrons. The van der Waals surface area contributed by atoms with Crippen LogP contribution in [0.25, 0.3) is 0 Å². The van der Waals surface area contributed by atoms with Crippen LogP contribution in [0.15, 0.2) is 77.7 Å². The third-order valence-electron chi connectivity index (χ3n) is 4.43. The first-order valence-corrected chi connectivity index (χ1v) is 10.3. The summed E-state index contributed by atoms with van der Waals surface area (Å²) in [5.74, 6) is -3.04. The Labute approximate surface area is 175 Å². The maximum Gasteiger partial charge on any atom is 0.363 e. The molecule has 1 heterocycles. The Balaban J connectivity index is 1.46. The summed E-state index contributed by atoms with van der Waals surface area (Å²) in [5.41, 5.74) is 0.389. The molecule has 0 atom stereocenters. The standard InChI is InChI=1S/C21H13FN2O6S/c22-14-7-11-16(12-8-14)31(28,29)23-15-9-5-13(6-10-15)21(27)30-24-19(25)17-3-1-2-4-18(17)20(24)26/h1-12,23H. The minimum absolute atomic E-state index is 0.0127. The Hall–Kier alpha value is -4.05. The van der Waals surface area contributed by atoms with Crippen LogP contribution in [0.1, 0.15) is 31.1 Å². The van der Waals surface area contributed by atoms with Crippen LogP contribution < -0.4 is 4.72 Å². The lowest BCUT2D eigenvalue weighted by Gasteiger charge is -2.13. The van der Waals surface area contributed by atoms with E-state index in [2.05, 4.69) is 4.72 Å². The predicted octanol–water partition coefficient (Wildman–Crippen LogP) is 2.99. The fraction of sp³-hybridized carbons (Fsp3) is 0. The maximum absolute atomic E-state index is 13.0. The highest BCUT2D eigenvalue weighted by molar-refractivity contribution is 7.92. The number of rotatable bonds is 5. The summed E-state index contributed by atoms with van der Waals surface area (Å²) in [6, 6.07) is 15.5. The van der Waals surface area contributed by atoms with E-state index in [4.69, 9.17) is 4.84 Å².